The molecule has 2 amide bonds. The summed E-state index contributed by atoms with van der Waals surface area (Å²) in [4.78, 5) is 24.2. The average Bonchev–Trinajstić information content (AvgIpc) is 2.67. The lowest BCUT2D eigenvalue weighted by Gasteiger charge is -2.12. The van der Waals surface area contributed by atoms with E-state index in [-0.39, 0.29) is 6.61 Å². The Labute approximate surface area is 166 Å². The number of hydrazine groups is 1. The molecule has 0 unspecified atom stereocenters. The Morgan fingerprint density at radius 3 is 2.50 bits per heavy atom. The third kappa shape index (κ3) is 6.61. The van der Waals surface area contributed by atoms with Crippen LogP contribution in [0.4, 0.5) is 0 Å². The van der Waals surface area contributed by atoms with E-state index < -0.39 is 11.8 Å². The zero-order valence-corrected chi connectivity index (χ0v) is 16.9. The van der Waals surface area contributed by atoms with E-state index in [4.69, 9.17) is 9.47 Å². The molecule has 0 fully saturated rings. The molecule has 2 aromatic rings. The molecule has 0 aliphatic heterocycles. The average molecular weight is 384 g/mol. The summed E-state index contributed by atoms with van der Waals surface area (Å²) in [6.07, 6.45) is 0.937. The number of aryl methyl sites for hydroxylation is 1. The van der Waals surface area contributed by atoms with Crippen LogP contribution in [0.5, 0.6) is 11.5 Å². The van der Waals surface area contributed by atoms with Gasteiger partial charge in [0.2, 0.25) is 0 Å². The van der Waals surface area contributed by atoms with Crippen LogP contribution < -0.4 is 20.3 Å². The predicted molar refractivity (Wildman–Crippen MR) is 108 cm³/mol. The third-order valence-electron chi connectivity index (χ3n) is 4.29. The molecule has 2 aromatic carbocycles. The minimum absolute atomic E-state index is 0.192. The Balaban J connectivity index is 1.81. The highest BCUT2D eigenvalue weighted by atomic mass is 16.5. The molecule has 6 nitrogen and oxygen atoms in total. The predicted octanol–water partition coefficient (Wildman–Crippen LogP) is 3.57. The molecule has 0 aromatic heterocycles. The first-order valence-electron chi connectivity index (χ1n) is 9.38. The second-order valence-electron chi connectivity index (χ2n) is 7.05. The Bertz CT molecular complexity index is 818. The zero-order valence-electron chi connectivity index (χ0n) is 16.9. The van der Waals surface area contributed by atoms with Gasteiger partial charge in [0.1, 0.15) is 11.5 Å². The lowest BCUT2D eigenvalue weighted by atomic mass is 10.1. The Morgan fingerprint density at radius 1 is 1.00 bits per heavy atom. The Kier molecular flexibility index (Phi) is 7.87. The first kappa shape index (κ1) is 21.3. The van der Waals surface area contributed by atoms with Crippen molar-refractivity contribution >= 4 is 11.8 Å². The number of ether oxygens (including phenoxy) is 2. The lowest BCUT2D eigenvalue weighted by molar-refractivity contribution is -0.123. The minimum atomic E-state index is -0.446. The van der Waals surface area contributed by atoms with E-state index >= 15 is 0 Å². The highest BCUT2D eigenvalue weighted by Gasteiger charge is 2.10. The molecule has 0 heterocycles. The monoisotopic (exact) mass is 384 g/mol. The SMILES string of the molecule is Cc1cccc(OCC(=O)NNC(=O)c2cccc(OCCC(C)C)c2)c1C. The van der Waals surface area contributed by atoms with Gasteiger partial charge in [-0.3, -0.25) is 20.4 Å². The van der Waals surface area contributed by atoms with Crippen LogP contribution in [0.15, 0.2) is 42.5 Å². The molecule has 0 atom stereocenters. The molecule has 0 aliphatic rings. The number of nitrogens with one attached hydrogen (secondary N) is 2. The topological polar surface area (TPSA) is 76.7 Å². The van der Waals surface area contributed by atoms with Crippen molar-refractivity contribution in [2.24, 2.45) is 5.92 Å². The summed E-state index contributed by atoms with van der Waals surface area (Å²) in [5, 5.41) is 0. The van der Waals surface area contributed by atoms with Crippen molar-refractivity contribution in [1.29, 1.82) is 0 Å². The van der Waals surface area contributed by atoms with Gasteiger partial charge in [-0.1, -0.05) is 32.0 Å². The number of rotatable bonds is 8. The zero-order chi connectivity index (χ0) is 20.5. The van der Waals surface area contributed by atoms with E-state index in [2.05, 4.69) is 24.7 Å². The molecule has 0 radical (unpaired) electrons. The van der Waals surface area contributed by atoms with E-state index in [1.807, 2.05) is 26.0 Å². The van der Waals surface area contributed by atoms with Crippen molar-refractivity contribution in [3.63, 3.8) is 0 Å². The Hall–Kier alpha value is -3.02. The Morgan fingerprint density at radius 2 is 1.75 bits per heavy atom. The standard InChI is InChI=1S/C22H28N2O4/c1-15(2)11-12-27-19-9-6-8-18(13-19)22(26)24-23-21(25)14-28-20-10-5-7-16(3)17(20)4/h5-10,13,15H,11-12,14H2,1-4H3,(H,23,25)(H,24,26). The van der Waals surface area contributed by atoms with E-state index in [9.17, 15) is 9.59 Å². The van der Waals surface area contributed by atoms with Crippen molar-refractivity contribution in [1.82, 2.24) is 10.9 Å². The number of carbonyl (C=O) groups is 2. The maximum atomic E-state index is 12.2. The molecule has 0 bridgehead atoms. The van der Waals surface area contributed by atoms with Gasteiger partial charge >= 0.3 is 0 Å². The van der Waals surface area contributed by atoms with Crippen LogP contribution in [0.25, 0.3) is 0 Å². The number of hydrogen-bond acceptors (Lipinski definition) is 4. The highest BCUT2D eigenvalue weighted by Crippen LogP contribution is 2.20. The van der Waals surface area contributed by atoms with Crippen molar-refractivity contribution in [2.75, 3.05) is 13.2 Å². The fraction of sp³-hybridized carbons (Fsp3) is 0.364. The van der Waals surface area contributed by atoms with Crippen molar-refractivity contribution in [2.45, 2.75) is 34.1 Å². The number of carbonyl (C=O) groups excluding carboxylic acids is 2. The fourth-order valence-corrected chi connectivity index (χ4v) is 2.40. The fourth-order valence-electron chi connectivity index (χ4n) is 2.40. The van der Waals surface area contributed by atoms with E-state index in [0.29, 0.717) is 29.6 Å². The summed E-state index contributed by atoms with van der Waals surface area (Å²) in [6.45, 7) is 8.56. The summed E-state index contributed by atoms with van der Waals surface area (Å²) in [5.41, 5.74) is 7.21. The molecule has 0 saturated heterocycles. The highest BCUT2D eigenvalue weighted by molar-refractivity contribution is 5.95. The van der Waals surface area contributed by atoms with Crippen LogP contribution in [0.3, 0.4) is 0 Å². The van der Waals surface area contributed by atoms with Gasteiger partial charge in [0.05, 0.1) is 6.61 Å². The second-order valence-corrected chi connectivity index (χ2v) is 7.05. The van der Waals surface area contributed by atoms with Crippen LogP contribution in [0, 0.1) is 19.8 Å². The number of hydrogen-bond donors (Lipinski definition) is 2. The summed E-state index contributed by atoms with van der Waals surface area (Å²) in [6, 6.07) is 12.5. The number of benzene rings is 2. The van der Waals surface area contributed by atoms with Crippen LogP contribution in [-0.2, 0) is 4.79 Å². The van der Waals surface area contributed by atoms with E-state index in [0.717, 1.165) is 17.5 Å². The first-order chi connectivity index (χ1) is 13.4. The number of amides is 2. The maximum Gasteiger partial charge on any atom is 0.276 e. The molecule has 2 N–H and O–H groups in total. The van der Waals surface area contributed by atoms with Crippen LogP contribution in [0.1, 0.15) is 41.8 Å². The van der Waals surface area contributed by atoms with Crippen molar-refractivity contribution < 1.29 is 19.1 Å². The minimum Gasteiger partial charge on any atom is -0.494 e. The van der Waals surface area contributed by atoms with Crippen molar-refractivity contribution in [3.8, 4) is 11.5 Å². The smallest absolute Gasteiger partial charge is 0.276 e. The molecule has 6 heteroatoms. The molecule has 0 saturated carbocycles. The van der Waals surface area contributed by atoms with Gasteiger partial charge in [-0.25, -0.2) is 0 Å². The quantitative estimate of drug-likeness (QED) is 0.682. The maximum absolute atomic E-state index is 12.2. The molecular weight excluding hydrogens is 356 g/mol. The summed E-state index contributed by atoms with van der Waals surface area (Å²) in [7, 11) is 0. The second kappa shape index (κ2) is 10.3. The van der Waals surface area contributed by atoms with Crippen LogP contribution >= 0.6 is 0 Å². The van der Waals surface area contributed by atoms with Gasteiger partial charge < -0.3 is 9.47 Å². The van der Waals surface area contributed by atoms with Crippen LogP contribution in [0.2, 0.25) is 0 Å². The summed E-state index contributed by atoms with van der Waals surface area (Å²) >= 11 is 0. The van der Waals surface area contributed by atoms with Gasteiger partial charge in [-0.15, -0.1) is 0 Å². The van der Waals surface area contributed by atoms with Gasteiger partial charge in [0, 0.05) is 5.56 Å². The molecular formula is C22H28N2O4. The molecule has 28 heavy (non-hydrogen) atoms. The van der Waals surface area contributed by atoms with Gasteiger partial charge in [-0.2, -0.15) is 0 Å². The molecule has 0 spiro atoms. The van der Waals surface area contributed by atoms with Gasteiger partial charge in [0.15, 0.2) is 6.61 Å². The van der Waals surface area contributed by atoms with Gasteiger partial charge in [-0.05, 0) is 61.6 Å². The van der Waals surface area contributed by atoms with E-state index in [1.54, 1.807) is 30.3 Å². The molecule has 150 valence electrons. The molecule has 0 aliphatic carbocycles. The largest absolute Gasteiger partial charge is 0.494 e. The first-order valence-corrected chi connectivity index (χ1v) is 9.38. The van der Waals surface area contributed by atoms with Crippen LogP contribution in [-0.4, -0.2) is 25.0 Å². The summed E-state index contributed by atoms with van der Waals surface area (Å²) in [5.74, 6) is 0.950. The third-order valence-corrected chi connectivity index (χ3v) is 4.29. The van der Waals surface area contributed by atoms with E-state index in [1.165, 1.54) is 0 Å². The van der Waals surface area contributed by atoms with Crippen molar-refractivity contribution in [3.05, 3.63) is 59.2 Å². The lowest BCUT2D eigenvalue weighted by Crippen LogP contribution is -2.43. The molecule has 2 rings (SSSR count). The van der Waals surface area contributed by atoms with Gasteiger partial charge in [0.25, 0.3) is 11.8 Å². The normalized spacial score (nSPS) is 10.5. The summed E-state index contributed by atoms with van der Waals surface area (Å²) < 4.78 is 11.2.